The van der Waals surface area contributed by atoms with E-state index in [1.54, 1.807) is 13.2 Å². The molecule has 1 saturated heterocycles. The Labute approximate surface area is 189 Å². The van der Waals surface area contributed by atoms with Gasteiger partial charge in [-0.25, -0.2) is 14.1 Å². The van der Waals surface area contributed by atoms with Crippen LogP contribution in [-0.4, -0.2) is 41.0 Å². The molecule has 33 heavy (non-hydrogen) atoms. The van der Waals surface area contributed by atoms with Gasteiger partial charge in [0.05, 0.1) is 7.11 Å². The number of anilines is 1. The van der Waals surface area contributed by atoms with Crippen molar-refractivity contribution in [2.75, 3.05) is 19.0 Å². The normalized spacial score (nSPS) is 14.5. The highest BCUT2D eigenvalue weighted by Gasteiger charge is 2.35. The lowest BCUT2D eigenvalue weighted by Gasteiger charge is -2.12. The van der Waals surface area contributed by atoms with E-state index in [9.17, 15) is 18.8 Å². The number of hydrogen-bond donors (Lipinski definition) is 2. The number of aryl methyl sites for hydroxylation is 1. The number of nitrogens with one attached hydrogen (secondary N) is 2. The second kappa shape index (κ2) is 8.99. The summed E-state index contributed by atoms with van der Waals surface area (Å²) in [6.45, 7) is 1.45. The van der Waals surface area contributed by atoms with Gasteiger partial charge in [0.2, 0.25) is 5.91 Å². The average molecular weight is 448 g/mol. The van der Waals surface area contributed by atoms with Gasteiger partial charge in [0, 0.05) is 22.8 Å². The molecule has 3 aromatic rings. The molecule has 168 valence electrons. The molecule has 0 spiro atoms. The molecule has 1 aliphatic rings. The topological polar surface area (TPSA) is 92.7 Å². The van der Waals surface area contributed by atoms with Crippen LogP contribution in [0.3, 0.4) is 0 Å². The molecule has 0 unspecified atom stereocenters. The lowest BCUT2D eigenvalue weighted by Crippen LogP contribution is -2.38. The van der Waals surface area contributed by atoms with E-state index in [1.807, 2.05) is 47.9 Å². The zero-order valence-corrected chi connectivity index (χ0v) is 18.0. The summed E-state index contributed by atoms with van der Waals surface area (Å²) in [5, 5.41) is 5.05. The number of halogens is 1. The van der Waals surface area contributed by atoms with Crippen LogP contribution in [0, 0.1) is 12.7 Å². The number of nitrogens with zero attached hydrogens (tertiary/aromatic N) is 2. The molecule has 4 amide bonds. The number of carbonyl (C=O) groups is 3. The maximum Gasteiger partial charge on any atom is 0.329 e. The van der Waals surface area contributed by atoms with Gasteiger partial charge in [0.15, 0.2) is 0 Å². The minimum atomic E-state index is -0.695. The minimum Gasteiger partial charge on any atom is -0.497 e. The number of hydrogen-bond acceptors (Lipinski definition) is 4. The largest absolute Gasteiger partial charge is 0.497 e. The summed E-state index contributed by atoms with van der Waals surface area (Å²) in [6.07, 6.45) is 1.56. The third-order valence-electron chi connectivity index (χ3n) is 5.12. The van der Waals surface area contributed by atoms with E-state index in [-0.39, 0.29) is 5.70 Å². The van der Waals surface area contributed by atoms with E-state index in [0.717, 1.165) is 22.0 Å². The molecule has 1 fully saturated rings. The minimum absolute atomic E-state index is 0.0578. The van der Waals surface area contributed by atoms with Crippen molar-refractivity contribution in [3.8, 4) is 11.4 Å². The molecule has 0 atom stereocenters. The molecule has 0 saturated carbocycles. The van der Waals surface area contributed by atoms with Crippen LogP contribution in [0.5, 0.6) is 5.75 Å². The third kappa shape index (κ3) is 4.62. The molecule has 0 bridgehead atoms. The molecular formula is C24H21FN4O4. The second-order valence-electron chi connectivity index (χ2n) is 7.37. The molecule has 0 aliphatic carbocycles. The first kappa shape index (κ1) is 21.8. The van der Waals surface area contributed by atoms with Crippen LogP contribution in [0.15, 0.2) is 66.4 Å². The number of imide groups is 1. The van der Waals surface area contributed by atoms with Gasteiger partial charge >= 0.3 is 6.03 Å². The second-order valence-corrected chi connectivity index (χ2v) is 7.37. The smallest absolute Gasteiger partial charge is 0.329 e. The SMILES string of the molecule is COc1ccc(-n2c(C)ccc2/C=C2\NC(=O)N(CC(=O)Nc3ccc(F)cc3)C2=O)cc1. The van der Waals surface area contributed by atoms with Gasteiger partial charge in [-0.1, -0.05) is 0 Å². The van der Waals surface area contributed by atoms with Crippen LogP contribution in [-0.2, 0) is 9.59 Å². The molecule has 2 heterocycles. The van der Waals surface area contributed by atoms with Crippen LogP contribution in [0.1, 0.15) is 11.4 Å². The summed E-state index contributed by atoms with van der Waals surface area (Å²) in [6, 6.07) is 15.6. The summed E-state index contributed by atoms with van der Waals surface area (Å²) < 4.78 is 20.1. The Morgan fingerprint density at radius 1 is 1.06 bits per heavy atom. The predicted octanol–water partition coefficient (Wildman–Crippen LogP) is 3.46. The Balaban J connectivity index is 1.52. The summed E-state index contributed by atoms with van der Waals surface area (Å²) in [4.78, 5) is 38.3. The predicted molar refractivity (Wildman–Crippen MR) is 120 cm³/mol. The van der Waals surface area contributed by atoms with Crippen molar-refractivity contribution in [2.24, 2.45) is 0 Å². The van der Waals surface area contributed by atoms with E-state index in [0.29, 0.717) is 11.4 Å². The highest BCUT2D eigenvalue weighted by Crippen LogP contribution is 2.23. The quantitative estimate of drug-likeness (QED) is 0.446. The first-order valence-electron chi connectivity index (χ1n) is 10.1. The van der Waals surface area contributed by atoms with Crippen molar-refractivity contribution in [3.05, 3.63) is 83.6 Å². The maximum atomic E-state index is 13.0. The van der Waals surface area contributed by atoms with Crippen molar-refractivity contribution >= 4 is 29.6 Å². The molecule has 8 nitrogen and oxygen atoms in total. The zero-order valence-electron chi connectivity index (χ0n) is 18.0. The monoisotopic (exact) mass is 448 g/mol. The number of rotatable bonds is 6. The Morgan fingerprint density at radius 3 is 2.42 bits per heavy atom. The summed E-state index contributed by atoms with van der Waals surface area (Å²) in [5.74, 6) is -0.916. The molecule has 9 heteroatoms. The molecule has 2 N–H and O–H groups in total. The van der Waals surface area contributed by atoms with Gasteiger partial charge in [-0.15, -0.1) is 0 Å². The van der Waals surface area contributed by atoms with Crippen molar-refractivity contribution in [2.45, 2.75) is 6.92 Å². The van der Waals surface area contributed by atoms with E-state index in [4.69, 9.17) is 4.74 Å². The summed E-state index contributed by atoms with van der Waals surface area (Å²) in [5.41, 5.74) is 2.88. The standard InChI is InChI=1S/C24H21FN4O4/c1-15-3-8-19(29(15)18-9-11-20(33-2)12-10-18)13-21-23(31)28(24(32)27-21)14-22(30)26-17-6-4-16(25)5-7-17/h3-13H,14H2,1-2H3,(H,26,30)(H,27,32)/b21-13-. The number of methoxy groups -OCH3 is 1. The number of ether oxygens (including phenoxy) is 1. The Bertz CT molecular complexity index is 1250. The first-order chi connectivity index (χ1) is 15.9. The lowest BCUT2D eigenvalue weighted by atomic mass is 10.2. The third-order valence-corrected chi connectivity index (χ3v) is 5.12. The zero-order chi connectivity index (χ0) is 23.5. The molecule has 0 radical (unpaired) electrons. The van der Waals surface area contributed by atoms with Crippen molar-refractivity contribution in [3.63, 3.8) is 0 Å². The van der Waals surface area contributed by atoms with E-state index < -0.39 is 30.2 Å². The number of urea groups is 1. The van der Waals surface area contributed by atoms with Crippen LogP contribution < -0.4 is 15.4 Å². The Morgan fingerprint density at radius 2 is 1.76 bits per heavy atom. The van der Waals surface area contributed by atoms with E-state index in [1.165, 1.54) is 24.3 Å². The Kier molecular flexibility index (Phi) is 5.95. The average Bonchev–Trinajstić information content (AvgIpc) is 3.29. The summed E-state index contributed by atoms with van der Waals surface area (Å²) >= 11 is 0. The van der Waals surface area contributed by atoms with Gasteiger partial charge in [-0.05, 0) is 73.7 Å². The highest BCUT2D eigenvalue weighted by atomic mass is 19.1. The van der Waals surface area contributed by atoms with Crippen molar-refractivity contribution < 1.29 is 23.5 Å². The van der Waals surface area contributed by atoms with Crippen molar-refractivity contribution in [1.82, 2.24) is 14.8 Å². The lowest BCUT2D eigenvalue weighted by molar-refractivity contribution is -0.127. The van der Waals surface area contributed by atoms with Crippen LogP contribution in [0.4, 0.5) is 14.9 Å². The number of carbonyl (C=O) groups excluding carboxylic acids is 3. The van der Waals surface area contributed by atoms with E-state index >= 15 is 0 Å². The fraction of sp³-hybridized carbons (Fsp3) is 0.125. The molecular weight excluding hydrogens is 427 g/mol. The number of benzene rings is 2. The first-order valence-corrected chi connectivity index (χ1v) is 10.1. The van der Waals surface area contributed by atoms with Gasteiger partial charge < -0.3 is 19.9 Å². The van der Waals surface area contributed by atoms with Crippen LogP contribution >= 0.6 is 0 Å². The molecule has 1 aliphatic heterocycles. The van der Waals surface area contributed by atoms with Crippen LogP contribution in [0.25, 0.3) is 11.8 Å². The maximum absolute atomic E-state index is 13.0. The van der Waals surface area contributed by atoms with E-state index in [2.05, 4.69) is 10.6 Å². The van der Waals surface area contributed by atoms with Gasteiger partial charge in [-0.2, -0.15) is 0 Å². The molecule has 2 aromatic carbocycles. The van der Waals surface area contributed by atoms with Crippen LogP contribution in [0.2, 0.25) is 0 Å². The fourth-order valence-corrected chi connectivity index (χ4v) is 3.50. The molecule has 1 aromatic heterocycles. The number of aromatic nitrogens is 1. The summed E-state index contributed by atoms with van der Waals surface area (Å²) in [7, 11) is 1.59. The molecule has 4 rings (SSSR count). The fourth-order valence-electron chi connectivity index (χ4n) is 3.50. The Hall–Kier alpha value is -4.40. The number of amides is 4. The van der Waals surface area contributed by atoms with Crippen molar-refractivity contribution in [1.29, 1.82) is 0 Å². The van der Waals surface area contributed by atoms with Gasteiger partial charge in [0.25, 0.3) is 5.91 Å². The van der Waals surface area contributed by atoms with Gasteiger partial charge in [0.1, 0.15) is 23.8 Å². The van der Waals surface area contributed by atoms with Gasteiger partial charge in [-0.3, -0.25) is 9.59 Å². The highest BCUT2D eigenvalue weighted by molar-refractivity contribution is 6.15.